The Kier molecular flexibility index (Phi) is 11.6. The quantitative estimate of drug-likeness (QED) is 0.330. The van der Waals surface area contributed by atoms with Gasteiger partial charge in [0.25, 0.3) is 0 Å². The van der Waals surface area contributed by atoms with Crippen LogP contribution in [0.4, 0.5) is 0 Å². The van der Waals surface area contributed by atoms with Gasteiger partial charge in [-0.1, -0.05) is 30.3 Å². The van der Waals surface area contributed by atoms with Gasteiger partial charge in [0, 0.05) is 11.1 Å². The fourth-order valence-electron chi connectivity index (χ4n) is 2.18. The molecular formula is C23H26N2O5. The van der Waals surface area contributed by atoms with Gasteiger partial charge < -0.3 is 19.3 Å². The van der Waals surface area contributed by atoms with Crippen LogP contribution in [0.15, 0.2) is 37.0 Å². The lowest BCUT2D eigenvalue weighted by Gasteiger charge is -2.15. The standard InChI is InChI=1S/C23H26N2O5/c1-4-24(17-22(27)29-5-2)15-7-9-20-11-13-21(14-12-20)10-8-16-25(19-26)18-23(28)30-6-3/h4,11-14,19H,1,5-6,15-18H2,2-3H3. The molecule has 158 valence electrons. The number of nitrogens with zero attached hydrogens (tertiary/aromatic N) is 2. The largest absolute Gasteiger partial charge is 0.465 e. The van der Waals surface area contributed by atoms with Crippen LogP contribution in [0.5, 0.6) is 0 Å². The Morgan fingerprint density at radius 2 is 1.33 bits per heavy atom. The molecule has 0 saturated carbocycles. The number of esters is 2. The summed E-state index contributed by atoms with van der Waals surface area (Å²) in [6.45, 7) is 8.19. The van der Waals surface area contributed by atoms with Gasteiger partial charge in [-0.05, 0) is 44.3 Å². The molecule has 1 aromatic rings. The van der Waals surface area contributed by atoms with Crippen molar-refractivity contribution in [1.82, 2.24) is 9.80 Å². The molecule has 7 heteroatoms. The van der Waals surface area contributed by atoms with E-state index in [2.05, 4.69) is 30.3 Å². The van der Waals surface area contributed by atoms with Gasteiger partial charge in [-0.25, -0.2) is 0 Å². The SMILES string of the molecule is C=CN(CC#Cc1ccc(C#CCN(C=O)CC(=O)OCC)cc1)CC(=O)OCC. The maximum Gasteiger partial charge on any atom is 0.325 e. The van der Waals surface area contributed by atoms with Crippen molar-refractivity contribution in [2.24, 2.45) is 0 Å². The summed E-state index contributed by atoms with van der Waals surface area (Å²) in [6, 6.07) is 7.29. The summed E-state index contributed by atoms with van der Waals surface area (Å²) < 4.78 is 9.70. The first kappa shape index (κ1) is 24.3. The molecule has 0 atom stereocenters. The number of amides is 1. The molecule has 1 rings (SSSR count). The molecule has 0 aromatic heterocycles. The fraction of sp³-hybridized carbons (Fsp3) is 0.348. The topological polar surface area (TPSA) is 76.2 Å². The van der Waals surface area contributed by atoms with Gasteiger partial charge in [-0.3, -0.25) is 14.4 Å². The lowest BCUT2D eigenvalue weighted by Crippen LogP contribution is -2.30. The second kappa shape index (κ2) is 14.3. The highest BCUT2D eigenvalue weighted by Gasteiger charge is 2.07. The molecule has 0 fully saturated rings. The maximum atomic E-state index is 11.5. The van der Waals surface area contributed by atoms with Crippen LogP contribution < -0.4 is 0 Å². The number of carbonyl (C=O) groups is 3. The average Bonchev–Trinajstić information content (AvgIpc) is 2.73. The molecule has 0 unspecified atom stereocenters. The Morgan fingerprint density at radius 3 is 1.73 bits per heavy atom. The zero-order valence-electron chi connectivity index (χ0n) is 17.3. The van der Waals surface area contributed by atoms with Crippen LogP contribution in [-0.4, -0.2) is 67.5 Å². The van der Waals surface area contributed by atoms with Gasteiger partial charge in [0.05, 0.1) is 26.3 Å². The van der Waals surface area contributed by atoms with Gasteiger partial charge >= 0.3 is 11.9 Å². The highest BCUT2D eigenvalue weighted by Crippen LogP contribution is 2.02. The van der Waals surface area contributed by atoms with E-state index in [1.165, 1.54) is 4.90 Å². The van der Waals surface area contributed by atoms with Crippen LogP contribution in [0, 0.1) is 23.7 Å². The first-order valence-electron chi connectivity index (χ1n) is 9.47. The third-order valence-corrected chi connectivity index (χ3v) is 3.60. The van der Waals surface area contributed by atoms with E-state index in [0.717, 1.165) is 11.1 Å². The third kappa shape index (κ3) is 10.0. The first-order valence-corrected chi connectivity index (χ1v) is 9.47. The summed E-state index contributed by atoms with van der Waals surface area (Å²) in [4.78, 5) is 36.8. The van der Waals surface area contributed by atoms with Gasteiger partial charge in [-0.2, -0.15) is 0 Å². The highest BCUT2D eigenvalue weighted by atomic mass is 16.5. The van der Waals surface area contributed by atoms with E-state index in [4.69, 9.17) is 9.47 Å². The van der Waals surface area contributed by atoms with Crippen LogP contribution in [-0.2, 0) is 23.9 Å². The third-order valence-electron chi connectivity index (χ3n) is 3.60. The molecule has 0 radical (unpaired) electrons. The molecule has 0 aliphatic rings. The lowest BCUT2D eigenvalue weighted by molar-refractivity contribution is -0.146. The van der Waals surface area contributed by atoms with Crippen molar-refractivity contribution in [3.63, 3.8) is 0 Å². The van der Waals surface area contributed by atoms with Crippen LogP contribution in [0.1, 0.15) is 25.0 Å². The summed E-state index contributed by atoms with van der Waals surface area (Å²) in [5.41, 5.74) is 1.56. The molecule has 0 N–H and O–H groups in total. The molecule has 7 nitrogen and oxygen atoms in total. The number of carbonyl (C=O) groups excluding carboxylic acids is 3. The Labute approximate surface area is 177 Å². The lowest BCUT2D eigenvalue weighted by atomic mass is 10.1. The van der Waals surface area contributed by atoms with E-state index in [-0.39, 0.29) is 32.2 Å². The molecule has 30 heavy (non-hydrogen) atoms. The monoisotopic (exact) mass is 410 g/mol. The Bertz CT molecular complexity index is 769. The molecule has 0 heterocycles. The smallest absolute Gasteiger partial charge is 0.325 e. The van der Waals surface area contributed by atoms with Crippen LogP contribution in [0.3, 0.4) is 0 Å². The van der Waals surface area contributed by atoms with Crippen LogP contribution in [0.2, 0.25) is 0 Å². The van der Waals surface area contributed by atoms with Crippen molar-refractivity contribution >= 4 is 18.3 Å². The maximum absolute atomic E-state index is 11.5. The van der Waals surface area contributed by atoms with E-state index in [0.29, 0.717) is 19.6 Å². The predicted octanol–water partition coefficient (Wildman–Crippen LogP) is 1.42. The van der Waals surface area contributed by atoms with Gasteiger partial charge in [0.2, 0.25) is 6.41 Å². The molecular weight excluding hydrogens is 384 g/mol. The van der Waals surface area contributed by atoms with Crippen molar-refractivity contribution in [3.8, 4) is 23.7 Å². The number of benzene rings is 1. The minimum Gasteiger partial charge on any atom is -0.465 e. The van der Waals surface area contributed by atoms with E-state index in [1.54, 1.807) is 24.9 Å². The van der Waals surface area contributed by atoms with Gasteiger partial charge in [-0.15, -0.1) is 0 Å². The molecule has 0 aliphatic heterocycles. The number of rotatable bonds is 10. The van der Waals surface area contributed by atoms with Crippen molar-refractivity contribution in [1.29, 1.82) is 0 Å². The summed E-state index contributed by atoms with van der Waals surface area (Å²) in [5.74, 6) is 11.0. The number of hydrogen-bond acceptors (Lipinski definition) is 6. The zero-order valence-corrected chi connectivity index (χ0v) is 17.3. The summed E-state index contributed by atoms with van der Waals surface area (Å²) in [6.07, 6.45) is 2.12. The van der Waals surface area contributed by atoms with Crippen molar-refractivity contribution in [2.45, 2.75) is 13.8 Å². The fourth-order valence-corrected chi connectivity index (χ4v) is 2.18. The predicted molar refractivity (Wildman–Crippen MR) is 113 cm³/mol. The molecule has 1 aromatic carbocycles. The van der Waals surface area contributed by atoms with E-state index in [9.17, 15) is 14.4 Å². The minimum absolute atomic E-state index is 0.106. The van der Waals surface area contributed by atoms with Crippen LogP contribution in [0.25, 0.3) is 0 Å². The van der Waals surface area contributed by atoms with Gasteiger partial charge in [0.15, 0.2) is 0 Å². The molecule has 0 bridgehead atoms. The number of ether oxygens (including phenoxy) is 2. The van der Waals surface area contributed by atoms with E-state index < -0.39 is 5.97 Å². The van der Waals surface area contributed by atoms with Gasteiger partial charge in [0.1, 0.15) is 13.1 Å². The minimum atomic E-state index is -0.466. The average molecular weight is 410 g/mol. The van der Waals surface area contributed by atoms with Crippen molar-refractivity contribution in [2.75, 3.05) is 39.4 Å². The Balaban J connectivity index is 2.58. The molecule has 0 spiro atoms. The second-order valence-corrected chi connectivity index (χ2v) is 5.89. The summed E-state index contributed by atoms with van der Waals surface area (Å²) >= 11 is 0. The molecule has 1 amide bonds. The molecule has 0 aliphatic carbocycles. The van der Waals surface area contributed by atoms with Crippen molar-refractivity contribution in [3.05, 3.63) is 48.2 Å². The zero-order chi connectivity index (χ0) is 22.2. The highest BCUT2D eigenvalue weighted by molar-refractivity contribution is 5.74. The second-order valence-electron chi connectivity index (χ2n) is 5.89. The summed E-state index contributed by atoms with van der Waals surface area (Å²) in [5, 5.41) is 0. The van der Waals surface area contributed by atoms with E-state index in [1.807, 2.05) is 24.3 Å². The number of hydrogen-bond donors (Lipinski definition) is 0. The van der Waals surface area contributed by atoms with Crippen LogP contribution >= 0.6 is 0 Å². The Morgan fingerprint density at radius 1 is 0.900 bits per heavy atom. The first-order chi connectivity index (χ1) is 14.5. The van der Waals surface area contributed by atoms with E-state index >= 15 is 0 Å². The molecule has 0 saturated heterocycles. The Hall–Kier alpha value is -3.71. The van der Waals surface area contributed by atoms with Crippen molar-refractivity contribution < 1.29 is 23.9 Å². The summed E-state index contributed by atoms with van der Waals surface area (Å²) in [7, 11) is 0. The normalized spacial score (nSPS) is 9.13.